The Morgan fingerprint density at radius 3 is 2.17 bits per heavy atom. The SMILES string of the molecule is COc1cc([C@H]2[C@H]3C(=O)N(c4ccc(Cl)cc4)C(=O)[C@H]3ON2c2ccccc2)c([N+](=O)[O-])cc1OC. The summed E-state index contributed by atoms with van der Waals surface area (Å²) in [5.41, 5.74) is 0.708. The van der Waals surface area contributed by atoms with Gasteiger partial charge in [-0.3, -0.25) is 24.5 Å². The second-order valence-electron chi connectivity index (χ2n) is 8.17. The molecule has 2 aliphatic heterocycles. The maximum absolute atomic E-state index is 13.7. The monoisotopic (exact) mass is 509 g/mol. The summed E-state index contributed by atoms with van der Waals surface area (Å²) in [7, 11) is 2.78. The van der Waals surface area contributed by atoms with Crippen LogP contribution >= 0.6 is 11.6 Å². The number of carbonyl (C=O) groups is 2. The molecule has 2 fully saturated rings. The number of nitrogens with zero attached hydrogens (tertiary/aromatic N) is 3. The van der Waals surface area contributed by atoms with E-state index in [1.54, 1.807) is 54.6 Å². The van der Waals surface area contributed by atoms with Crippen LogP contribution in [-0.4, -0.2) is 37.1 Å². The number of para-hydroxylation sites is 1. The molecule has 11 heteroatoms. The maximum Gasteiger partial charge on any atom is 0.278 e. The van der Waals surface area contributed by atoms with Gasteiger partial charge in [0.2, 0.25) is 5.91 Å². The largest absolute Gasteiger partial charge is 0.493 e. The first kappa shape index (κ1) is 23.6. The number of nitro benzene ring substituents is 1. The van der Waals surface area contributed by atoms with E-state index < -0.39 is 34.8 Å². The Labute approximate surface area is 210 Å². The summed E-state index contributed by atoms with van der Waals surface area (Å²) in [6.07, 6.45) is -1.19. The molecule has 0 unspecified atom stereocenters. The Morgan fingerprint density at radius 1 is 0.917 bits per heavy atom. The third kappa shape index (κ3) is 3.71. The zero-order chi connectivity index (χ0) is 25.6. The summed E-state index contributed by atoms with van der Waals surface area (Å²) in [5, 5.41) is 14.0. The van der Waals surface area contributed by atoms with Gasteiger partial charge in [-0.15, -0.1) is 0 Å². The summed E-state index contributed by atoms with van der Waals surface area (Å²) in [4.78, 5) is 45.8. The molecule has 0 spiro atoms. The molecule has 0 N–H and O–H groups in total. The number of ether oxygens (including phenoxy) is 2. The molecule has 0 radical (unpaired) electrons. The normalized spacial score (nSPS) is 21.0. The molecule has 3 atom stereocenters. The number of halogens is 1. The van der Waals surface area contributed by atoms with Crippen molar-refractivity contribution in [1.82, 2.24) is 0 Å². The quantitative estimate of drug-likeness (QED) is 0.274. The van der Waals surface area contributed by atoms with Gasteiger partial charge in [0, 0.05) is 5.02 Å². The molecule has 5 rings (SSSR count). The van der Waals surface area contributed by atoms with Gasteiger partial charge in [-0.2, -0.15) is 0 Å². The number of hydrogen-bond acceptors (Lipinski definition) is 8. The van der Waals surface area contributed by atoms with Crippen LogP contribution in [0.4, 0.5) is 17.1 Å². The van der Waals surface area contributed by atoms with Gasteiger partial charge in [0.1, 0.15) is 12.0 Å². The van der Waals surface area contributed by atoms with Crippen molar-refractivity contribution in [2.75, 3.05) is 24.2 Å². The molecule has 2 amide bonds. The number of hydroxylamine groups is 1. The first-order valence-corrected chi connectivity index (χ1v) is 11.3. The van der Waals surface area contributed by atoms with Gasteiger partial charge in [0.25, 0.3) is 11.6 Å². The highest BCUT2D eigenvalue weighted by molar-refractivity contribution is 6.31. The summed E-state index contributed by atoms with van der Waals surface area (Å²) in [5.74, 6) is -1.78. The van der Waals surface area contributed by atoms with Gasteiger partial charge >= 0.3 is 0 Å². The molecule has 2 saturated heterocycles. The molecule has 2 aliphatic rings. The molecule has 0 bridgehead atoms. The van der Waals surface area contributed by atoms with E-state index in [1.165, 1.54) is 31.4 Å². The van der Waals surface area contributed by atoms with Crippen LogP contribution in [-0.2, 0) is 14.4 Å². The second kappa shape index (κ2) is 9.14. The van der Waals surface area contributed by atoms with E-state index in [1.807, 2.05) is 0 Å². The molecule has 0 aliphatic carbocycles. The number of nitro groups is 1. The van der Waals surface area contributed by atoms with Crippen molar-refractivity contribution < 1.29 is 28.8 Å². The van der Waals surface area contributed by atoms with Crippen LogP contribution in [0.2, 0.25) is 5.02 Å². The number of rotatable bonds is 6. The highest BCUT2D eigenvalue weighted by atomic mass is 35.5. The van der Waals surface area contributed by atoms with Crippen LogP contribution in [0.3, 0.4) is 0 Å². The highest BCUT2D eigenvalue weighted by Gasteiger charge is 2.61. The van der Waals surface area contributed by atoms with Crippen molar-refractivity contribution in [3.63, 3.8) is 0 Å². The van der Waals surface area contributed by atoms with Crippen LogP contribution in [0.15, 0.2) is 66.7 Å². The Kier molecular flexibility index (Phi) is 5.99. The van der Waals surface area contributed by atoms with Gasteiger partial charge < -0.3 is 9.47 Å². The van der Waals surface area contributed by atoms with Gasteiger partial charge in [0.05, 0.1) is 42.1 Å². The minimum atomic E-state index is -1.19. The molecule has 184 valence electrons. The lowest BCUT2D eigenvalue weighted by molar-refractivity contribution is -0.385. The van der Waals surface area contributed by atoms with Crippen molar-refractivity contribution in [3.05, 3.63) is 87.4 Å². The van der Waals surface area contributed by atoms with Crippen LogP contribution < -0.4 is 19.4 Å². The van der Waals surface area contributed by atoms with E-state index in [-0.39, 0.29) is 22.7 Å². The average Bonchev–Trinajstić information content (AvgIpc) is 3.40. The average molecular weight is 510 g/mol. The van der Waals surface area contributed by atoms with Crippen LogP contribution in [0.1, 0.15) is 11.6 Å². The molecule has 10 nitrogen and oxygen atoms in total. The van der Waals surface area contributed by atoms with Crippen LogP contribution in [0.5, 0.6) is 11.5 Å². The first-order valence-electron chi connectivity index (χ1n) is 10.9. The maximum atomic E-state index is 13.7. The second-order valence-corrected chi connectivity index (χ2v) is 8.61. The van der Waals surface area contributed by atoms with E-state index >= 15 is 0 Å². The van der Waals surface area contributed by atoms with Gasteiger partial charge in [-0.25, -0.2) is 9.96 Å². The lowest BCUT2D eigenvalue weighted by Crippen LogP contribution is -2.37. The zero-order valence-electron chi connectivity index (χ0n) is 19.2. The predicted octanol–water partition coefficient (Wildman–Crippen LogP) is 4.32. The number of benzene rings is 3. The molecule has 0 aromatic heterocycles. The topological polar surface area (TPSA) is 111 Å². The molecule has 3 aromatic rings. The van der Waals surface area contributed by atoms with E-state index in [0.717, 1.165) is 4.90 Å². The molecule has 36 heavy (non-hydrogen) atoms. The zero-order valence-corrected chi connectivity index (χ0v) is 19.9. The van der Waals surface area contributed by atoms with Crippen LogP contribution in [0.25, 0.3) is 0 Å². The van der Waals surface area contributed by atoms with Gasteiger partial charge in [-0.1, -0.05) is 29.8 Å². The summed E-state index contributed by atoms with van der Waals surface area (Å²) < 4.78 is 10.6. The van der Waals surface area contributed by atoms with Crippen molar-refractivity contribution in [2.45, 2.75) is 12.1 Å². The first-order chi connectivity index (χ1) is 17.3. The number of anilines is 2. The van der Waals surface area contributed by atoms with Crippen LogP contribution in [0, 0.1) is 16.0 Å². The van der Waals surface area contributed by atoms with Crippen molar-refractivity contribution in [3.8, 4) is 11.5 Å². The van der Waals surface area contributed by atoms with Gasteiger partial charge in [0.15, 0.2) is 17.6 Å². The minimum Gasteiger partial charge on any atom is -0.493 e. The number of carbonyl (C=O) groups excluding carboxylic acids is 2. The Balaban J connectivity index is 1.68. The van der Waals surface area contributed by atoms with Crippen molar-refractivity contribution >= 4 is 40.5 Å². The lowest BCUT2D eigenvalue weighted by Gasteiger charge is -2.29. The third-order valence-corrected chi connectivity index (χ3v) is 6.51. The smallest absolute Gasteiger partial charge is 0.278 e. The fraction of sp³-hybridized carbons (Fsp3) is 0.200. The van der Waals surface area contributed by atoms with E-state index in [9.17, 15) is 19.7 Å². The fourth-order valence-electron chi connectivity index (χ4n) is 4.65. The Hall–Kier alpha value is -4.15. The fourth-order valence-corrected chi connectivity index (χ4v) is 4.78. The summed E-state index contributed by atoms with van der Waals surface area (Å²) in [6.45, 7) is 0. The van der Waals surface area contributed by atoms with Crippen molar-refractivity contribution in [1.29, 1.82) is 0 Å². The Bertz CT molecular complexity index is 1350. The highest BCUT2D eigenvalue weighted by Crippen LogP contribution is 2.51. The number of methoxy groups -OCH3 is 2. The number of imide groups is 1. The summed E-state index contributed by atoms with van der Waals surface area (Å²) >= 11 is 5.97. The third-order valence-electron chi connectivity index (χ3n) is 6.26. The minimum absolute atomic E-state index is 0.146. The van der Waals surface area contributed by atoms with Gasteiger partial charge in [-0.05, 0) is 42.5 Å². The standard InChI is InChI=1S/C25H20ClN3O7/c1-34-19-12-17(18(29(32)33)13-20(19)35-2)22-21-23(36-28(22)16-6-4-3-5-7-16)25(31)27(24(21)30)15-10-8-14(26)9-11-15/h3-13,21-23H,1-2H3/t21-,22+,23+/m1/s1. The van der Waals surface area contributed by atoms with E-state index in [0.29, 0.717) is 16.4 Å². The lowest BCUT2D eigenvalue weighted by atomic mass is 9.89. The number of fused-ring (bicyclic) bond motifs is 1. The molecular weight excluding hydrogens is 490 g/mol. The molecule has 3 aromatic carbocycles. The van der Waals surface area contributed by atoms with E-state index in [4.69, 9.17) is 25.9 Å². The Morgan fingerprint density at radius 2 is 1.56 bits per heavy atom. The predicted molar refractivity (Wildman–Crippen MR) is 130 cm³/mol. The molecule has 2 heterocycles. The van der Waals surface area contributed by atoms with Crippen molar-refractivity contribution in [2.24, 2.45) is 5.92 Å². The number of hydrogen-bond donors (Lipinski definition) is 0. The summed E-state index contributed by atoms with van der Waals surface area (Å²) in [6, 6.07) is 16.7. The number of amides is 2. The molecule has 0 saturated carbocycles. The molecular formula is C25H20ClN3O7. The van der Waals surface area contributed by atoms with E-state index in [2.05, 4.69) is 0 Å².